The van der Waals surface area contributed by atoms with Crippen LogP contribution in [-0.4, -0.2) is 51.4 Å². The van der Waals surface area contributed by atoms with Crippen LogP contribution in [0.5, 0.6) is 0 Å². The zero-order valence-corrected chi connectivity index (χ0v) is 28.4. The van der Waals surface area contributed by atoms with E-state index in [0.717, 1.165) is 42.9 Å². The van der Waals surface area contributed by atoms with Crippen molar-refractivity contribution in [2.24, 2.45) is 0 Å². The summed E-state index contributed by atoms with van der Waals surface area (Å²) < 4.78 is 95.7. The van der Waals surface area contributed by atoms with E-state index in [-0.39, 0.29) is 43.2 Å². The second-order valence-corrected chi connectivity index (χ2v) is 12.6. The highest BCUT2D eigenvalue weighted by molar-refractivity contribution is 5.76. The summed E-state index contributed by atoms with van der Waals surface area (Å²) in [7, 11) is 0. The zero-order valence-electron chi connectivity index (χ0n) is 28.4. The van der Waals surface area contributed by atoms with Crippen LogP contribution in [0.25, 0.3) is 11.1 Å². The van der Waals surface area contributed by atoms with Crippen LogP contribution in [-0.2, 0) is 55.9 Å². The molecule has 272 valence electrons. The Morgan fingerprint density at radius 2 is 1.47 bits per heavy atom. The van der Waals surface area contributed by atoms with Crippen molar-refractivity contribution < 1.29 is 35.5 Å². The van der Waals surface area contributed by atoms with Crippen molar-refractivity contribution in [2.45, 2.75) is 71.4 Å². The number of alkyl halides is 6. The van der Waals surface area contributed by atoms with Crippen molar-refractivity contribution in [1.82, 2.24) is 19.4 Å². The van der Waals surface area contributed by atoms with Gasteiger partial charge in [-0.25, -0.2) is 4.39 Å². The van der Waals surface area contributed by atoms with Crippen LogP contribution >= 0.6 is 0 Å². The van der Waals surface area contributed by atoms with Gasteiger partial charge in [-0.2, -0.15) is 31.3 Å². The average molecular weight is 717 g/mol. The highest BCUT2D eigenvalue weighted by atomic mass is 19.4. The molecule has 0 saturated heterocycles. The first kappa shape index (κ1) is 37.7. The summed E-state index contributed by atoms with van der Waals surface area (Å²) in [6, 6.07) is 14.6. The summed E-state index contributed by atoms with van der Waals surface area (Å²) in [4.78, 5) is 35.2. The lowest BCUT2D eigenvalue weighted by atomic mass is 10.0. The molecule has 0 aliphatic heterocycles. The monoisotopic (exact) mass is 716 g/mol. The number of halogens is 7. The second kappa shape index (κ2) is 15.8. The number of benzene rings is 3. The van der Waals surface area contributed by atoms with Crippen molar-refractivity contribution in [3.8, 4) is 11.1 Å². The van der Waals surface area contributed by atoms with Crippen LogP contribution in [0.3, 0.4) is 0 Å². The Bertz CT molecular complexity index is 1880. The van der Waals surface area contributed by atoms with Gasteiger partial charge in [-0.1, -0.05) is 56.3 Å². The van der Waals surface area contributed by atoms with Crippen molar-refractivity contribution in [3.63, 3.8) is 0 Å². The van der Waals surface area contributed by atoms with E-state index in [1.807, 2.05) is 26.0 Å². The molecule has 4 aromatic rings. The third-order valence-electron chi connectivity index (χ3n) is 9.41. The quantitative estimate of drug-likeness (QED) is 0.133. The number of hydrogen-bond acceptors (Lipinski definition) is 4. The Balaban J connectivity index is 1.40. The lowest BCUT2D eigenvalue weighted by Gasteiger charge is -2.28. The predicted molar refractivity (Wildman–Crippen MR) is 179 cm³/mol. The molecule has 1 aliphatic carbocycles. The molecule has 0 radical (unpaired) electrons. The van der Waals surface area contributed by atoms with Crippen LogP contribution in [0.1, 0.15) is 59.6 Å². The lowest BCUT2D eigenvalue weighted by molar-refractivity contribution is -0.138. The Kier molecular flexibility index (Phi) is 11.7. The Labute approximate surface area is 291 Å². The fourth-order valence-corrected chi connectivity index (χ4v) is 6.52. The minimum absolute atomic E-state index is 0.0740. The molecule has 0 bridgehead atoms. The van der Waals surface area contributed by atoms with E-state index in [1.165, 1.54) is 12.1 Å². The molecule has 1 aliphatic rings. The van der Waals surface area contributed by atoms with E-state index >= 15 is 0 Å². The number of fused-ring (bicyclic) bond motifs is 1. The number of amides is 1. The Morgan fingerprint density at radius 1 is 0.824 bits per heavy atom. The summed E-state index contributed by atoms with van der Waals surface area (Å²) in [5, 5.41) is 0. The number of carbonyl (C=O) groups is 1. The number of nitrogens with zero attached hydrogens (tertiary/aromatic N) is 4. The minimum Gasteiger partial charge on any atom is -0.336 e. The molecular formula is C38H39F7N4O2. The van der Waals surface area contributed by atoms with Crippen LogP contribution in [0.15, 0.2) is 71.5 Å². The lowest BCUT2D eigenvalue weighted by Crippen LogP contribution is -2.40. The molecule has 0 fully saturated rings. The maximum absolute atomic E-state index is 14.1. The normalized spacial score (nSPS) is 13.1. The van der Waals surface area contributed by atoms with E-state index in [2.05, 4.69) is 9.88 Å². The molecule has 0 unspecified atom stereocenters. The molecule has 0 spiro atoms. The molecule has 1 aromatic heterocycles. The predicted octanol–water partition coefficient (Wildman–Crippen LogP) is 7.73. The molecule has 3 aromatic carbocycles. The fourth-order valence-electron chi connectivity index (χ4n) is 6.52. The van der Waals surface area contributed by atoms with Gasteiger partial charge in [-0.3, -0.25) is 9.59 Å². The molecule has 51 heavy (non-hydrogen) atoms. The summed E-state index contributed by atoms with van der Waals surface area (Å²) in [6.07, 6.45) is -7.78. The SMILES string of the molecule is CCN(CC)CCN(Cc1ccc(-c2ccc(C(F)(F)F)cc2)cc1)C(=O)Cn1c(CCc2ccc(F)cc2C(F)(F)F)nc(=O)c2c1CCC2. The van der Waals surface area contributed by atoms with Crippen LogP contribution < -0.4 is 5.56 Å². The van der Waals surface area contributed by atoms with Gasteiger partial charge in [0.1, 0.15) is 18.2 Å². The number of aromatic nitrogens is 2. The number of hydrogen-bond donors (Lipinski definition) is 0. The van der Waals surface area contributed by atoms with Crippen LogP contribution in [0.4, 0.5) is 30.7 Å². The molecule has 0 saturated carbocycles. The molecule has 1 amide bonds. The highest BCUT2D eigenvalue weighted by Crippen LogP contribution is 2.34. The maximum atomic E-state index is 14.1. The van der Waals surface area contributed by atoms with Gasteiger partial charge in [0.2, 0.25) is 5.91 Å². The van der Waals surface area contributed by atoms with E-state index in [4.69, 9.17) is 0 Å². The van der Waals surface area contributed by atoms with Gasteiger partial charge in [0.25, 0.3) is 5.56 Å². The van der Waals surface area contributed by atoms with E-state index in [1.54, 1.807) is 21.6 Å². The number of carbonyl (C=O) groups excluding carboxylic acids is 1. The maximum Gasteiger partial charge on any atom is 0.416 e. The average Bonchev–Trinajstić information content (AvgIpc) is 3.59. The van der Waals surface area contributed by atoms with Gasteiger partial charge in [-0.15, -0.1) is 0 Å². The molecule has 0 atom stereocenters. The summed E-state index contributed by atoms with van der Waals surface area (Å²) in [6.45, 7) is 6.57. The highest BCUT2D eigenvalue weighted by Gasteiger charge is 2.34. The Morgan fingerprint density at radius 3 is 2.08 bits per heavy atom. The third kappa shape index (κ3) is 9.24. The van der Waals surface area contributed by atoms with E-state index < -0.39 is 34.9 Å². The first-order valence-corrected chi connectivity index (χ1v) is 16.9. The first-order chi connectivity index (χ1) is 24.2. The van der Waals surface area contributed by atoms with Crippen molar-refractivity contribution in [3.05, 3.63) is 122 Å². The van der Waals surface area contributed by atoms with Crippen molar-refractivity contribution in [1.29, 1.82) is 0 Å². The van der Waals surface area contributed by atoms with Crippen molar-refractivity contribution >= 4 is 5.91 Å². The van der Waals surface area contributed by atoms with Crippen molar-refractivity contribution in [2.75, 3.05) is 26.2 Å². The van der Waals surface area contributed by atoms with E-state index in [0.29, 0.717) is 60.8 Å². The molecule has 0 N–H and O–H groups in total. The fraction of sp³-hybridized carbons (Fsp3) is 0.395. The summed E-state index contributed by atoms with van der Waals surface area (Å²) in [5.74, 6) is -1.09. The number of aryl methyl sites for hydroxylation is 2. The molecule has 6 nitrogen and oxygen atoms in total. The molecule has 1 heterocycles. The second-order valence-electron chi connectivity index (χ2n) is 12.6. The minimum atomic E-state index is -4.78. The van der Waals surface area contributed by atoms with Gasteiger partial charge in [0, 0.05) is 37.3 Å². The largest absolute Gasteiger partial charge is 0.416 e. The third-order valence-corrected chi connectivity index (χ3v) is 9.41. The summed E-state index contributed by atoms with van der Waals surface area (Å²) >= 11 is 0. The van der Waals surface area contributed by atoms with Gasteiger partial charge in [0.15, 0.2) is 0 Å². The van der Waals surface area contributed by atoms with E-state index in [9.17, 15) is 40.3 Å². The summed E-state index contributed by atoms with van der Waals surface area (Å²) in [5.41, 5.74) is 0.829. The molecular weight excluding hydrogens is 677 g/mol. The van der Waals surface area contributed by atoms with Gasteiger partial charge in [-0.05, 0) is 85.3 Å². The Hall–Kier alpha value is -4.52. The van der Waals surface area contributed by atoms with Gasteiger partial charge in [0.05, 0.1) is 11.1 Å². The molecule has 13 heteroatoms. The van der Waals surface area contributed by atoms with Gasteiger partial charge < -0.3 is 14.4 Å². The number of likely N-dealkylation sites (N-methyl/N-ethyl adjacent to an activating group) is 1. The number of rotatable bonds is 13. The smallest absolute Gasteiger partial charge is 0.336 e. The van der Waals surface area contributed by atoms with Crippen LogP contribution in [0, 0.1) is 5.82 Å². The first-order valence-electron chi connectivity index (χ1n) is 16.9. The topological polar surface area (TPSA) is 58.4 Å². The van der Waals surface area contributed by atoms with Gasteiger partial charge >= 0.3 is 12.4 Å². The zero-order chi connectivity index (χ0) is 36.9. The van der Waals surface area contributed by atoms with Crippen LogP contribution in [0.2, 0.25) is 0 Å². The molecule has 5 rings (SSSR count). The standard InChI is InChI=1S/C38H39F7N4O2/c1-3-47(4-2)20-21-48(23-25-8-10-26(11-9-25)27-12-16-29(17-13-27)37(40,41)42)35(50)24-49-33-7-5-6-31(33)36(51)46-34(49)19-15-28-14-18-30(39)22-32(28)38(43,44)45/h8-14,16-18,22H,3-7,15,19-21,23-24H2,1-2H3.